The molecular formula is C9H12N4O4. The molecule has 92 valence electrons. The van der Waals surface area contributed by atoms with E-state index < -0.39 is 10.5 Å². The molecular weight excluding hydrogens is 228 g/mol. The molecule has 0 aromatic carbocycles. The van der Waals surface area contributed by atoms with Crippen LogP contribution in [0.5, 0.6) is 0 Å². The van der Waals surface area contributed by atoms with Gasteiger partial charge >= 0.3 is 5.69 Å². The maximum absolute atomic E-state index is 10.4. The number of nitro groups is 1. The molecule has 1 fully saturated rings. The number of rotatable bonds is 4. The fourth-order valence-electron chi connectivity index (χ4n) is 1.49. The second-order valence-corrected chi connectivity index (χ2v) is 3.90. The van der Waals surface area contributed by atoms with Crippen LogP contribution in [0.2, 0.25) is 0 Å². The van der Waals surface area contributed by atoms with Crippen molar-refractivity contribution in [1.82, 2.24) is 9.97 Å². The Kier molecular flexibility index (Phi) is 3.16. The molecule has 1 unspecified atom stereocenters. The van der Waals surface area contributed by atoms with E-state index in [1.54, 1.807) is 0 Å². The molecule has 1 atom stereocenters. The Bertz CT molecular complexity index is 402. The van der Waals surface area contributed by atoms with Crippen LogP contribution in [-0.4, -0.2) is 45.4 Å². The van der Waals surface area contributed by atoms with E-state index in [1.807, 2.05) is 0 Å². The van der Waals surface area contributed by atoms with Gasteiger partial charge in [-0.2, -0.15) is 0 Å². The van der Waals surface area contributed by atoms with E-state index in [0.29, 0.717) is 13.0 Å². The molecule has 8 heteroatoms. The quantitative estimate of drug-likeness (QED) is 0.560. The fourth-order valence-corrected chi connectivity index (χ4v) is 1.49. The average molecular weight is 240 g/mol. The van der Waals surface area contributed by atoms with Gasteiger partial charge in [0.25, 0.3) is 0 Å². The molecule has 1 saturated heterocycles. The van der Waals surface area contributed by atoms with Gasteiger partial charge in [-0.15, -0.1) is 0 Å². The zero-order valence-corrected chi connectivity index (χ0v) is 9.00. The number of aromatic nitrogens is 2. The Morgan fingerprint density at radius 3 is 2.82 bits per heavy atom. The molecule has 1 aliphatic heterocycles. The van der Waals surface area contributed by atoms with Crippen molar-refractivity contribution in [3.8, 4) is 0 Å². The summed E-state index contributed by atoms with van der Waals surface area (Å²) in [5, 5.41) is 23.1. The van der Waals surface area contributed by atoms with E-state index in [-0.39, 0.29) is 24.8 Å². The van der Waals surface area contributed by atoms with Crippen LogP contribution < -0.4 is 5.32 Å². The van der Waals surface area contributed by atoms with E-state index in [0.717, 1.165) is 12.4 Å². The second kappa shape index (κ2) is 4.60. The number of nitrogens with zero attached hydrogens (tertiary/aromatic N) is 3. The molecule has 2 rings (SSSR count). The first-order valence-electron chi connectivity index (χ1n) is 5.09. The minimum absolute atomic E-state index is 0.168. The third-order valence-electron chi connectivity index (χ3n) is 2.51. The lowest BCUT2D eigenvalue weighted by atomic mass is 10.0. The van der Waals surface area contributed by atoms with E-state index in [9.17, 15) is 15.2 Å². The van der Waals surface area contributed by atoms with Crippen molar-refractivity contribution < 1.29 is 14.8 Å². The van der Waals surface area contributed by atoms with Crippen LogP contribution in [-0.2, 0) is 4.74 Å². The van der Waals surface area contributed by atoms with Crippen LogP contribution in [0.15, 0.2) is 12.4 Å². The zero-order valence-electron chi connectivity index (χ0n) is 9.00. The topological polar surface area (TPSA) is 110 Å². The minimum Gasteiger partial charge on any atom is -0.386 e. The standard InChI is InChI=1S/C9H12N4O4/c14-9(1-2-17-6-9)5-12-8-10-3-7(4-11-8)13(15)16/h3-4,14H,1-2,5-6H2,(H,10,11,12). The maximum atomic E-state index is 10.4. The SMILES string of the molecule is O=[N+]([O-])c1cnc(NCC2(O)CCOC2)nc1. The summed E-state index contributed by atoms with van der Waals surface area (Å²) < 4.78 is 5.08. The molecule has 1 aromatic rings. The predicted octanol–water partition coefficient (Wildman–Crippen LogP) is -0.0519. The molecule has 1 aromatic heterocycles. The Morgan fingerprint density at radius 2 is 2.29 bits per heavy atom. The van der Waals surface area contributed by atoms with Crippen molar-refractivity contribution in [2.75, 3.05) is 25.1 Å². The van der Waals surface area contributed by atoms with Gasteiger partial charge in [0.2, 0.25) is 5.95 Å². The Labute approximate surface area is 96.8 Å². The molecule has 0 bridgehead atoms. The number of ether oxygens (including phenoxy) is 1. The molecule has 0 amide bonds. The van der Waals surface area contributed by atoms with Gasteiger partial charge in [-0.05, 0) is 0 Å². The molecule has 0 saturated carbocycles. The number of anilines is 1. The first-order valence-corrected chi connectivity index (χ1v) is 5.09. The molecule has 8 nitrogen and oxygen atoms in total. The highest BCUT2D eigenvalue weighted by Crippen LogP contribution is 2.18. The monoisotopic (exact) mass is 240 g/mol. The zero-order chi connectivity index (χ0) is 12.3. The van der Waals surface area contributed by atoms with Gasteiger partial charge in [0.1, 0.15) is 18.0 Å². The molecule has 1 aliphatic rings. The Morgan fingerprint density at radius 1 is 1.59 bits per heavy atom. The first-order chi connectivity index (χ1) is 8.09. The predicted molar refractivity (Wildman–Crippen MR) is 57.6 cm³/mol. The van der Waals surface area contributed by atoms with Gasteiger partial charge in [-0.25, -0.2) is 9.97 Å². The van der Waals surface area contributed by atoms with Gasteiger partial charge in [0.05, 0.1) is 11.5 Å². The summed E-state index contributed by atoms with van der Waals surface area (Å²) in [6.07, 6.45) is 2.78. The van der Waals surface area contributed by atoms with E-state index in [1.165, 1.54) is 0 Å². The van der Waals surface area contributed by atoms with Crippen molar-refractivity contribution in [2.45, 2.75) is 12.0 Å². The lowest BCUT2D eigenvalue weighted by Crippen LogP contribution is -2.37. The highest BCUT2D eigenvalue weighted by molar-refractivity contribution is 5.31. The van der Waals surface area contributed by atoms with E-state index >= 15 is 0 Å². The number of aliphatic hydroxyl groups is 1. The summed E-state index contributed by atoms with van der Waals surface area (Å²) in [4.78, 5) is 17.4. The molecule has 2 N–H and O–H groups in total. The fraction of sp³-hybridized carbons (Fsp3) is 0.556. The molecule has 0 aliphatic carbocycles. The summed E-state index contributed by atoms with van der Waals surface area (Å²) >= 11 is 0. The number of nitrogens with one attached hydrogen (secondary N) is 1. The number of hydrogen-bond acceptors (Lipinski definition) is 7. The second-order valence-electron chi connectivity index (χ2n) is 3.90. The third kappa shape index (κ3) is 2.86. The normalized spacial score (nSPS) is 23.6. The van der Waals surface area contributed by atoms with Crippen LogP contribution in [0.3, 0.4) is 0 Å². The summed E-state index contributed by atoms with van der Waals surface area (Å²) in [5.41, 5.74) is -1.08. The minimum atomic E-state index is -0.912. The van der Waals surface area contributed by atoms with Crippen LogP contribution in [0.25, 0.3) is 0 Å². The van der Waals surface area contributed by atoms with Crippen molar-refractivity contribution >= 4 is 11.6 Å². The molecule has 0 radical (unpaired) electrons. The summed E-state index contributed by atoms with van der Waals surface area (Å²) in [6.45, 7) is 1.05. The molecule has 17 heavy (non-hydrogen) atoms. The Balaban J connectivity index is 1.93. The lowest BCUT2D eigenvalue weighted by Gasteiger charge is -2.20. The van der Waals surface area contributed by atoms with Crippen molar-refractivity contribution in [2.24, 2.45) is 0 Å². The van der Waals surface area contributed by atoms with Gasteiger partial charge in [0, 0.05) is 19.6 Å². The molecule has 0 spiro atoms. The Hall–Kier alpha value is -1.80. The van der Waals surface area contributed by atoms with Crippen LogP contribution in [0.4, 0.5) is 11.6 Å². The largest absolute Gasteiger partial charge is 0.386 e. The van der Waals surface area contributed by atoms with Crippen LogP contribution in [0, 0.1) is 10.1 Å². The highest BCUT2D eigenvalue weighted by Gasteiger charge is 2.32. The number of hydrogen-bond donors (Lipinski definition) is 2. The van der Waals surface area contributed by atoms with Crippen LogP contribution in [0.1, 0.15) is 6.42 Å². The van der Waals surface area contributed by atoms with Gasteiger partial charge in [-0.1, -0.05) is 0 Å². The lowest BCUT2D eigenvalue weighted by molar-refractivity contribution is -0.385. The smallest absolute Gasteiger partial charge is 0.305 e. The third-order valence-corrected chi connectivity index (χ3v) is 2.51. The highest BCUT2D eigenvalue weighted by atomic mass is 16.6. The average Bonchev–Trinajstić information content (AvgIpc) is 2.75. The summed E-state index contributed by atoms with van der Waals surface area (Å²) in [5.74, 6) is 0.246. The van der Waals surface area contributed by atoms with E-state index in [2.05, 4.69) is 15.3 Å². The first kappa shape index (κ1) is 11.7. The van der Waals surface area contributed by atoms with E-state index in [4.69, 9.17) is 4.74 Å². The summed E-state index contributed by atoms with van der Waals surface area (Å²) in [7, 11) is 0. The maximum Gasteiger partial charge on any atom is 0.305 e. The van der Waals surface area contributed by atoms with Crippen molar-refractivity contribution in [1.29, 1.82) is 0 Å². The van der Waals surface area contributed by atoms with Crippen molar-refractivity contribution in [3.05, 3.63) is 22.5 Å². The van der Waals surface area contributed by atoms with Crippen molar-refractivity contribution in [3.63, 3.8) is 0 Å². The van der Waals surface area contributed by atoms with Gasteiger partial charge in [-0.3, -0.25) is 10.1 Å². The van der Waals surface area contributed by atoms with Gasteiger partial charge in [0.15, 0.2) is 0 Å². The summed E-state index contributed by atoms with van der Waals surface area (Å²) in [6, 6.07) is 0. The van der Waals surface area contributed by atoms with Crippen LogP contribution >= 0.6 is 0 Å². The molecule has 2 heterocycles. The van der Waals surface area contributed by atoms with Gasteiger partial charge < -0.3 is 15.2 Å².